The van der Waals surface area contributed by atoms with E-state index in [0.717, 1.165) is 5.92 Å². The summed E-state index contributed by atoms with van der Waals surface area (Å²) in [5, 5.41) is 8.08. The van der Waals surface area contributed by atoms with Crippen molar-refractivity contribution in [2.24, 2.45) is 5.92 Å². The van der Waals surface area contributed by atoms with E-state index in [1.165, 1.54) is 0 Å². The van der Waals surface area contributed by atoms with Crippen LogP contribution in [0.3, 0.4) is 0 Å². The summed E-state index contributed by atoms with van der Waals surface area (Å²) in [6.07, 6.45) is 0.523. The van der Waals surface area contributed by atoms with Gasteiger partial charge < -0.3 is 5.11 Å². The molecule has 0 aliphatic carbocycles. The Labute approximate surface area is 68.9 Å². The van der Waals surface area contributed by atoms with Crippen LogP contribution in [0.2, 0.25) is 0 Å². The second-order valence-corrected chi connectivity index (χ2v) is 2.99. The average molecular weight is 158 g/mol. The lowest BCUT2D eigenvalue weighted by Crippen LogP contribution is -1.95. The van der Waals surface area contributed by atoms with Crippen molar-refractivity contribution in [2.45, 2.75) is 34.1 Å². The molecule has 2 nitrogen and oxygen atoms in total. The minimum Gasteiger partial charge on any atom is -0.478 e. The molecular weight excluding hydrogens is 140 g/mol. The third-order valence-corrected chi connectivity index (χ3v) is 0.729. The molecule has 0 saturated carbocycles. The predicted octanol–water partition coefficient (Wildman–Crippen LogP) is 2.70. The Hall–Kier alpha value is -0.790. The molecule has 0 bridgehead atoms. The van der Waals surface area contributed by atoms with E-state index in [4.69, 9.17) is 5.11 Å². The van der Waals surface area contributed by atoms with Crippen LogP contribution in [-0.2, 0) is 4.79 Å². The number of rotatable bonds is 2. The van der Waals surface area contributed by atoms with Crippen molar-refractivity contribution >= 4 is 5.97 Å². The van der Waals surface area contributed by atoms with E-state index in [-0.39, 0.29) is 5.57 Å². The lowest BCUT2D eigenvalue weighted by Gasteiger charge is -1.87. The lowest BCUT2D eigenvalue weighted by molar-refractivity contribution is -0.132. The molecule has 0 rings (SSSR count). The van der Waals surface area contributed by atoms with Crippen LogP contribution >= 0.6 is 0 Å². The summed E-state index contributed by atoms with van der Waals surface area (Å²) < 4.78 is 0. The van der Waals surface area contributed by atoms with E-state index >= 15 is 0 Å². The molecule has 2 heteroatoms. The first-order chi connectivity index (χ1) is 4.91. The van der Waals surface area contributed by atoms with Gasteiger partial charge in [-0.25, -0.2) is 4.79 Å². The van der Waals surface area contributed by atoms with Crippen LogP contribution < -0.4 is 0 Å². The number of carbonyl (C=O) groups is 1. The molecule has 66 valence electrons. The summed E-state index contributed by atoms with van der Waals surface area (Å²) in [5.74, 6) is -0.0671. The van der Waals surface area contributed by atoms with Crippen molar-refractivity contribution in [3.63, 3.8) is 0 Å². The highest BCUT2D eigenvalue weighted by molar-refractivity contribution is 5.85. The molecule has 11 heavy (non-hydrogen) atoms. The van der Waals surface area contributed by atoms with Gasteiger partial charge in [-0.3, -0.25) is 0 Å². The van der Waals surface area contributed by atoms with Gasteiger partial charge in [0, 0.05) is 5.57 Å². The Kier molecular flexibility index (Phi) is 8.55. The molecule has 0 aliphatic heterocycles. The van der Waals surface area contributed by atoms with Gasteiger partial charge in [-0.15, -0.1) is 0 Å². The van der Waals surface area contributed by atoms with Gasteiger partial charge in [0.15, 0.2) is 0 Å². The van der Waals surface area contributed by atoms with Crippen LogP contribution in [0.25, 0.3) is 0 Å². The van der Waals surface area contributed by atoms with Crippen LogP contribution in [0.5, 0.6) is 0 Å². The van der Waals surface area contributed by atoms with Gasteiger partial charge in [-0.05, 0) is 12.3 Å². The van der Waals surface area contributed by atoms with Crippen LogP contribution in [0, 0.1) is 5.92 Å². The zero-order valence-electron chi connectivity index (χ0n) is 7.85. The summed E-state index contributed by atoms with van der Waals surface area (Å²) >= 11 is 0. The highest BCUT2D eigenvalue weighted by Gasteiger charge is 1.96. The fourth-order valence-corrected chi connectivity index (χ4v) is 0.151. The molecule has 0 aliphatic rings. The van der Waals surface area contributed by atoms with Crippen molar-refractivity contribution in [2.75, 3.05) is 0 Å². The smallest absolute Gasteiger partial charge is 0.330 e. The fourth-order valence-electron chi connectivity index (χ4n) is 0.151. The van der Waals surface area contributed by atoms with Gasteiger partial charge in [0.05, 0.1) is 0 Å². The molecule has 0 radical (unpaired) electrons. The molecule has 0 unspecified atom stereocenters. The van der Waals surface area contributed by atoms with Crippen LogP contribution in [0.15, 0.2) is 12.2 Å². The first-order valence-corrected chi connectivity index (χ1v) is 3.82. The minimum absolute atomic E-state index is 0.264. The van der Waals surface area contributed by atoms with Crippen molar-refractivity contribution in [3.05, 3.63) is 12.2 Å². The maximum absolute atomic E-state index is 9.83. The van der Waals surface area contributed by atoms with Crippen molar-refractivity contribution in [3.8, 4) is 0 Å². The molecule has 0 atom stereocenters. The standard InChI is InChI=1S/C5H8O2.C4H10/c1-3-4(2)5(6)7;1-4(2)3/h2-3H2,1H3,(H,6,7);4H,1-3H3. The summed E-state index contributed by atoms with van der Waals surface area (Å²) in [7, 11) is 0. The zero-order valence-corrected chi connectivity index (χ0v) is 7.85. The number of carboxylic acid groups (broad SMARTS) is 1. The van der Waals surface area contributed by atoms with Gasteiger partial charge in [0.25, 0.3) is 0 Å². The highest BCUT2D eigenvalue weighted by atomic mass is 16.4. The number of hydrogen-bond acceptors (Lipinski definition) is 1. The van der Waals surface area contributed by atoms with Gasteiger partial charge in [-0.1, -0.05) is 34.3 Å². The lowest BCUT2D eigenvalue weighted by atomic mass is 10.2. The first-order valence-electron chi connectivity index (χ1n) is 3.82. The van der Waals surface area contributed by atoms with E-state index in [0.29, 0.717) is 6.42 Å². The van der Waals surface area contributed by atoms with Crippen LogP contribution in [0.1, 0.15) is 34.1 Å². The van der Waals surface area contributed by atoms with E-state index in [1.54, 1.807) is 6.92 Å². The predicted molar refractivity (Wildman–Crippen MR) is 47.6 cm³/mol. The average Bonchev–Trinajstić information content (AvgIpc) is 1.85. The molecule has 0 fully saturated rings. The van der Waals surface area contributed by atoms with E-state index in [1.807, 2.05) is 0 Å². The quantitative estimate of drug-likeness (QED) is 0.627. The molecule has 0 spiro atoms. The number of hydrogen-bond donors (Lipinski definition) is 1. The Morgan fingerprint density at radius 3 is 1.73 bits per heavy atom. The van der Waals surface area contributed by atoms with E-state index in [2.05, 4.69) is 27.4 Å². The summed E-state index contributed by atoms with van der Waals surface area (Å²) in [6, 6.07) is 0. The van der Waals surface area contributed by atoms with E-state index < -0.39 is 5.97 Å². The van der Waals surface area contributed by atoms with Gasteiger partial charge >= 0.3 is 5.97 Å². The summed E-state index contributed by atoms with van der Waals surface area (Å²) in [4.78, 5) is 9.83. The molecule has 0 amide bonds. The molecule has 0 aromatic heterocycles. The molecule has 0 heterocycles. The monoisotopic (exact) mass is 158 g/mol. The largest absolute Gasteiger partial charge is 0.478 e. The normalized spacial score (nSPS) is 8.45. The zero-order chi connectivity index (χ0) is 9.44. The van der Waals surface area contributed by atoms with Gasteiger partial charge in [0.2, 0.25) is 0 Å². The highest BCUT2D eigenvalue weighted by Crippen LogP contribution is 1.93. The SMILES string of the molecule is C=C(CC)C(=O)O.CC(C)C. The Balaban J connectivity index is 0. The van der Waals surface area contributed by atoms with Crippen molar-refractivity contribution in [1.29, 1.82) is 0 Å². The fraction of sp³-hybridized carbons (Fsp3) is 0.667. The first kappa shape index (κ1) is 12.8. The number of carboxylic acids is 1. The van der Waals surface area contributed by atoms with E-state index in [9.17, 15) is 4.79 Å². The molecule has 0 aromatic rings. The summed E-state index contributed by atoms with van der Waals surface area (Å²) in [6.45, 7) is 11.5. The van der Waals surface area contributed by atoms with Gasteiger partial charge in [0.1, 0.15) is 0 Å². The third kappa shape index (κ3) is 17.6. The maximum Gasteiger partial charge on any atom is 0.330 e. The summed E-state index contributed by atoms with van der Waals surface area (Å²) in [5.41, 5.74) is 0.264. The second-order valence-electron chi connectivity index (χ2n) is 2.99. The second kappa shape index (κ2) is 7.32. The Morgan fingerprint density at radius 1 is 1.45 bits per heavy atom. The maximum atomic E-state index is 9.83. The molecular formula is C9H18O2. The van der Waals surface area contributed by atoms with Crippen LogP contribution in [0.4, 0.5) is 0 Å². The molecule has 1 N–H and O–H groups in total. The van der Waals surface area contributed by atoms with Crippen LogP contribution in [-0.4, -0.2) is 11.1 Å². The Bertz CT molecular complexity index is 123. The molecule has 0 aromatic carbocycles. The topological polar surface area (TPSA) is 37.3 Å². The van der Waals surface area contributed by atoms with Gasteiger partial charge in [-0.2, -0.15) is 0 Å². The van der Waals surface area contributed by atoms with Crippen molar-refractivity contribution in [1.82, 2.24) is 0 Å². The minimum atomic E-state index is -0.900. The molecule has 0 saturated heterocycles. The third-order valence-electron chi connectivity index (χ3n) is 0.729. The Morgan fingerprint density at radius 2 is 1.73 bits per heavy atom. The number of aliphatic carboxylic acids is 1. The van der Waals surface area contributed by atoms with Crippen molar-refractivity contribution < 1.29 is 9.90 Å².